The maximum Gasteiger partial charge on any atom is 0.255 e. The number of allylic oxidation sites excluding steroid dienone is 1. The Morgan fingerprint density at radius 2 is 2.00 bits per heavy atom. The molecule has 0 fully saturated rings. The molecule has 2 aromatic rings. The highest BCUT2D eigenvalue weighted by Crippen LogP contribution is 2.34. The first-order valence-electron chi connectivity index (χ1n) is 6.78. The Bertz CT molecular complexity index is 739. The van der Waals surface area contributed by atoms with Crippen molar-refractivity contribution in [1.82, 2.24) is 0 Å². The van der Waals surface area contributed by atoms with Gasteiger partial charge in [0.2, 0.25) is 6.79 Å². The summed E-state index contributed by atoms with van der Waals surface area (Å²) in [7, 11) is 0. The number of anilines is 1. The summed E-state index contributed by atoms with van der Waals surface area (Å²) in [5, 5.41) is 12.0. The SMILES string of the molecule is C=C(O)Cc1cccc(C(=O)Nc2ccc3c(c2)OCO3)c1. The van der Waals surface area contributed by atoms with Gasteiger partial charge in [0, 0.05) is 23.7 Å². The predicted molar refractivity (Wildman–Crippen MR) is 82.4 cm³/mol. The molecule has 1 heterocycles. The third kappa shape index (κ3) is 3.03. The van der Waals surface area contributed by atoms with E-state index in [9.17, 15) is 9.90 Å². The van der Waals surface area contributed by atoms with Gasteiger partial charge < -0.3 is 19.9 Å². The topological polar surface area (TPSA) is 67.8 Å². The lowest BCUT2D eigenvalue weighted by Crippen LogP contribution is -2.12. The van der Waals surface area contributed by atoms with Crippen LogP contribution < -0.4 is 14.8 Å². The lowest BCUT2D eigenvalue weighted by Gasteiger charge is -2.07. The van der Waals surface area contributed by atoms with Gasteiger partial charge in [0.05, 0.1) is 5.76 Å². The van der Waals surface area contributed by atoms with Crippen molar-refractivity contribution in [3.63, 3.8) is 0 Å². The molecule has 2 N–H and O–H groups in total. The van der Waals surface area contributed by atoms with Gasteiger partial charge in [-0.2, -0.15) is 0 Å². The fraction of sp³-hybridized carbons (Fsp3) is 0.118. The summed E-state index contributed by atoms with van der Waals surface area (Å²) in [4.78, 5) is 12.3. The van der Waals surface area contributed by atoms with Gasteiger partial charge in [0.25, 0.3) is 5.91 Å². The molecule has 1 aliphatic rings. The van der Waals surface area contributed by atoms with E-state index < -0.39 is 0 Å². The van der Waals surface area contributed by atoms with E-state index in [1.54, 1.807) is 36.4 Å². The first kappa shape index (κ1) is 14.0. The monoisotopic (exact) mass is 297 g/mol. The normalized spacial score (nSPS) is 12.0. The molecule has 1 amide bonds. The number of nitrogens with one attached hydrogen (secondary N) is 1. The Kier molecular flexibility index (Phi) is 3.70. The van der Waals surface area contributed by atoms with E-state index in [0.29, 0.717) is 29.2 Å². The average molecular weight is 297 g/mol. The van der Waals surface area contributed by atoms with Crippen molar-refractivity contribution in [1.29, 1.82) is 0 Å². The summed E-state index contributed by atoms with van der Waals surface area (Å²) in [6.07, 6.45) is 0.325. The lowest BCUT2D eigenvalue weighted by molar-refractivity contribution is 0.102. The number of benzene rings is 2. The summed E-state index contributed by atoms with van der Waals surface area (Å²) >= 11 is 0. The van der Waals surface area contributed by atoms with Crippen LogP contribution in [0.25, 0.3) is 0 Å². The molecule has 5 nitrogen and oxygen atoms in total. The van der Waals surface area contributed by atoms with Gasteiger partial charge in [-0.25, -0.2) is 0 Å². The number of amides is 1. The number of ether oxygens (including phenoxy) is 2. The molecular weight excluding hydrogens is 282 g/mol. The second-order valence-electron chi connectivity index (χ2n) is 4.97. The van der Waals surface area contributed by atoms with Gasteiger partial charge in [-0.05, 0) is 29.8 Å². The first-order chi connectivity index (χ1) is 10.6. The third-order valence-electron chi connectivity index (χ3n) is 3.23. The second-order valence-corrected chi connectivity index (χ2v) is 4.97. The molecule has 0 saturated heterocycles. The second kappa shape index (κ2) is 5.81. The van der Waals surface area contributed by atoms with E-state index in [0.717, 1.165) is 5.56 Å². The number of fused-ring (bicyclic) bond motifs is 1. The summed E-state index contributed by atoms with van der Waals surface area (Å²) < 4.78 is 10.5. The molecular formula is C17H15NO4. The minimum absolute atomic E-state index is 0.0633. The van der Waals surface area contributed by atoms with Gasteiger partial charge >= 0.3 is 0 Å². The zero-order chi connectivity index (χ0) is 15.5. The van der Waals surface area contributed by atoms with Crippen LogP contribution in [0.3, 0.4) is 0 Å². The van der Waals surface area contributed by atoms with Crippen LogP contribution in [0.1, 0.15) is 15.9 Å². The number of aliphatic hydroxyl groups is 1. The van der Waals surface area contributed by atoms with Crippen molar-refractivity contribution >= 4 is 11.6 Å². The first-order valence-corrected chi connectivity index (χ1v) is 6.78. The van der Waals surface area contributed by atoms with Crippen molar-refractivity contribution in [2.24, 2.45) is 0 Å². The highest BCUT2D eigenvalue weighted by Gasteiger charge is 2.14. The van der Waals surface area contributed by atoms with Gasteiger partial charge in [-0.15, -0.1) is 0 Å². The van der Waals surface area contributed by atoms with Gasteiger partial charge in [0.15, 0.2) is 11.5 Å². The minimum Gasteiger partial charge on any atom is -0.513 e. The maximum atomic E-state index is 12.3. The lowest BCUT2D eigenvalue weighted by atomic mass is 10.1. The van der Waals surface area contributed by atoms with Gasteiger partial charge in [-0.3, -0.25) is 4.79 Å². The zero-order valence-electron chi connectivity index (χ0n) is 11.8. The molecule has 0 aromatic heterocycles. The van der Waals surface area contributed by atoms with Crippen molar-refractivity contribution in [3.8, 4) is 11.5 Å². The van der Waals surface area contributed by atoms with Crippen LogP contribution in [0.4, 0.5) is 5.69 Å². The summed E-state index contributed by atoms with van der Waals surface area (Å²) in [6, 6.07) is 12.3. The number of rotatable bonds is 4. The Morgan fingerprint density at radius 3 is 2.82 bits per heavy atom. The van der Waals surface area contributed by atoms with Crippen LogP contribution in [-0.4, -0.2) is 17.8 Å². The van der Waals surface area contributed by atoms with Crippen LogP contribution in [0.15, 0.2) is 54.8 Å². The Morgan fingerprint density at radius 1 is 1.18 bits per heavy atom. The number of carbonyl (C=O) groups is 1. The van der Waals surface area contributed by atoms with E-state index in [-0.39, 0.29) is 18.5 Å². The molecule has 0 bridgehead atoms. The highest BCUT2D eigenvalue weighted by molar-refractivity contribution is 6.04. The largest absolute Gasteiger partial charge is 0.513 e. The van der Waals surface area contributed by atoms with Crippen LogP contribution in [0, 0.1) is 0 Å². The van der Waals surface area contributed by atoms with E-state index in [4.69, 9.17) is 9.47 Å². The van der Waals surface area contributed by atoms with Gasteiger partial charge in [-0.1, -0.05) is 18.7 Å². The Hall–Kier alpha value is -2.95. The Balaban J connectivity index is 1.75. The van der Waals surface area contributed by atoms with Crippen LogP contribution in [0.5, 0.6) is 11.5 Å². The molecule has 0 radical (unpaired) electrons. The number of hydrogen-bond acceptors (Lipinski definition) is 4. The fourth-order valence-electron chi connectivity index (χ4n) is 2.24. The van der Waals surface area contributed by atoms with Crippen molar-refractivity contribution in [3.05, 3.63) is 65.9 Å². The molecule has 0 aliphatic carbocycles. The fourth-order valence-corrected chi connectivity index (χ4v) is 2.24. The van der Waals surface area contributed by atoms with Crippen LogP contribution in [0.2, 0.25) is 0 Å². The van der Waals surface area contributed by atoms with Crippen molar-refractivity contribution < 1.29 is 19.4 Å². The smallest absolute Gasteiger partial charge is 0.255 e. The third-order valence-corrected chi connectivity index (χ3v) is 3.23. The van der Waals surface area contributed by atoms with E-state index in [1.807, 2.05) is 6.07 Å². The van der Waals surface area contributed by atoms with E-state index in [1.165, 1.54) is 0 Å². The van der Waals surface area contributed by atoms with E-state index >= 15 is 0 Å². The molecule has 3 rings (SSSR count). The molecule has 0 spiro atoms. The zero-order valence-corrected chi connectivity index (χ0v) is 11.8. The molecule has 0 atom stereocenters. The minimum atomic E-state index is -0.232. The number of carbonyl (C=O) groups excluding carboxylic acids is 1. The van der Waals surface area contributed by atoms with Crippen molar-refractivity contribution in [2.75, 3.05) is 12.1 Å². The molecule has 1 aliphatic heterocycles. The van der Waals surface area contributed by atoms with Gasteiger partial charge in [0.1, 0.15) is 0 Å². The quantitative estimate of drug-likeness (QED) is 0.850. The molecule has 112 valence electrons. The number of aliphatic hydroxyl groups excluding tert-OH is 1. The summed E-state index contributed by atoms with van der Waals surface area (Å²) in [5.41, 5.74) is 1.97. The molecule has 0 saturated carbocycles. The van der Waals surface area contributed by atoms with Crippen LogP contribution >= 0.6 is 0 Å². The Labute approximate surface area is 127 Å². The molecule has 5 heteroatoms. The molecule has 0 unspecified atom stereocenters. The predicted octanol–water partition coefficient (Wildman–Crippen LogP) is 3.28. The number of hydrogen-bond donors (Lipinski definition) is 2. The average Bonchev–Trinajstić information content (AvgIpc) is 2.94. The summed E-state index contributed by atoms with van der Waals surface area (Å²) in [6.45, 7) is 3.65. The highest BCUT2D eigenvalue weighted by atomic mass is 16.7. The maximum absolute atomic E-state index is 12.3. The van der Waals surface area contributed by atoms with Crippen molar-refractivity contribution in [2.45, 2.75) is 6.42 Å². The molecule has 22 heavy (non-hydrogen) atoms. The van der Waals surface area contributed by atoms with Crippen LogP contribution in [-0.2, 0) is 6.42 Å². The molecule has 2 aromatic carbocycles. The van der Waals surface area contributed by atoms with E-state index in [2.05, 4.69) is 11.9 Å². The summed E-state index contributed by atoms with van der Waals surface area (Å²) in [5.74, 6) is 1.11. The standard InChI is InChI=1S/C17H15NO4/c1-11(19)7-12-3-2-4-13(8-12)17(20)18-14-5-6-15-16(9-14)22-10-21-15/h2-6,8-9,19H,1,7,10H2,(H,18,20).